The van der Waals surface area contributed by atoms with Crippen LogP contribution >= 0.6 is 0 Å². The van der Waals surface area contributed by atoms with Crippen LogP contribution in [-0.4, -0.2) is 53.7 Å². The summed E-state index contributed by atoms with van der Waals surface area (Å²) in [5, 5.41) is 21.2. The number of alkyl carbamates (subject to hydrolysis) is 1. The second kappa shape index (κ2) is 12.7. The maximum Gasteiger partial charge on any atom is 0.408 e. The standard InChI is InChI=1S/C35H46N4O6/c1-33(2)24-16-17-34(33,3)28(18-24)45-32(44)39-35(4,19-23-20-36-26-13-9-8-12-25(23)26)31(43)37-21-27(22-10-6-5-7-11-22)38-29(40)14-15-30(41)42/h5-13,23-24,27-28,36H,14-21H2,1-4H3,(H,37,43)(H,38,40)(H,39,44)(H,41,42). The quantitative estimate of drug-likeness (QED) is 0.222. The van der Waals surface area contributed by atoms with Crippen molar-refractivity contribution >= 4 is 29.6 Å². The minimum Gasteiger partial charge on any atom is -0.481 e. The molecule has 45 heavy (non-hydrogen) atoms. The Kier molecular flexibility index (Phi) is 9.14. The van der Waals surface area contributed by atoms with Crippen molar-refractivity contribution in [2.45, 2.75) is 89.8 Å². The Bertz CT molecular complexity index is 1430. The summed E-state index contributed by atoms with van der Waals surface area (Å²) in [6.07, 6.45) is 1.98. The average Bonchev–Trinajstić information content (AvgIpc) is 3.57. The number of aliphatic carboxylic acids is 1. The van der Waals surface area contributed by atoms with E-state index in [0.29, 0.717) is 18.9 Å². The Labute approximate surface area is 265 Å². The molecule has 242 valence electrons. The molecule has 10 nitrogen and oxygen atoms in total. The molecule has 2 fully saturated rings. The van der Waals surface area contributed by atoms with Crippen LogP contribution in [0.5, 0.6) is 0 Å². The summed E-state index contributed by atoms with van der Waals surface area (Å²) < 4.78 is 6.11. The molecule has 2 aromatic rings. The van der Waals surface area contributed by atoms with Crippen molar-refractivity contribution in [3.05, 3.63) is 65.7 Å². The van der Waals surface area contributed by atoms with Gasteiger partial charge in [0.05, 0.1) is 12.5 Å². The molecule has 1 aliphatic heterocycles. The van der Waals surface area contributed by atoms with Gasteiger partial charge in [0.15, 0.2) is 0 Å². The van der Waals surface area contributed by atoms with Crippen molar-refractivity contribution in [1.82, 2.24) is 16.0 Å². The van der Waals surface area contributed by atoms with E-state index in [1.54, 1.807) is 6.92 Å². The SMILES string of the molecule is CC(CC1CNc2ccccc21)(NC(=O)OC1CC2CCC1(C)C2(C)C)C(=O)NCC(NC(=O)CCC(=O)O)c1ccccc1. The lowest BCUT2D eigenvalue weighted by atomic mass is 9.70. The molecule has 2 bridgehead atoms. The van der Waals surface area contributed by atoms with E-state index in [-0.39, 0.29) is 42.2 Å². The molecule has 0 spiro atoms. The molecule has 0 saturated heterocycles. The van der Waals surface area contributed by atoms with Gasteiger partial charge in [-0.1, -0.05) is 69.3 Å². The summed E-state index contributed by atoms with van der Waals surface area (Å²) in [6, 6.07) is 16.5. The zero-order chi connectivity index (χ0) is 32.4. The number of hydrogen-bond acceptors (Lipinski definition) is 6. The van der Waals surface area contributed by atoms with Crippen LogP contribution in [0.4, 0.5) is 10.5 Å². The van der Waals surface area contributed by atoms with Crippen molar-refractivity contribution < 1.29 is 29.0 Å². The number of carboxylic acids is 1. The highest BCUT2D eigenvalue weighted by atomic mass is 16.6. The van der Waals surface area contributed by atoms with Crippen LogP contribution in [0, 0.1) is 16.7 Å². The van der Waals surface area contributed by atoms with Crippen LogP contribution in [0.1, 0.15) is 89.3 Å². The number of carbonyl (C=O) groups is 4. The predicted molar refractivity (Wildman–Crippen MR) is 171 cm³/mol. The molecule has 0 aromatic heterocycles. The van der Waals surface area contributed by atoms with Gasteiger partial charge in [0.25, 0.3) is 0 Å². The largest absolute Gasteiger partial charge is 0.481 e. The maximum absolute atomic E-state index is 14.1. The van der Waals surface area contributed by atoms with Gasteiger partial charge in [0.2, 0.25) is 11.8 Å². The van der Waals surface area contributed by atoms with E-state index in [1.165, 1.54) is 0 Å². The first kappa shape index (κ1) is 32.3. The number of nitrogens with one attached hydrogen (secondary N) is 4. The minimum absolute atomic E-state index is 0.0307. The second-order valence-corrected chi connectivity index (χ2v) is 14.0. The van der Waals surface area contributed by atoms with Crippen LogP contribution in [-0.2, 0) is 19.1 Å². The molecule has 2 saturated carbocycles. The third kappa shape index (κ3) is 6.65. The number of benzene rings is 2. The molecular formula is C35H46N4O6. The van der Waals surface area contributed by atoms with E-state index in [9.17, 15) is 19.2 Å². The Morgan fingerprint density at radius 1 is 1.04 bits per heavy atom. The number of anilines is 1. The van der Waals surface area contributed by atoms with Gasteiger partial charge in [0, 0.05) is 36.5 Å². The fourth-order valence-electron chi connectivity index (χ4n) is 7.74. The Morgan fingerprint density at radius 3 is 2.42 bits per heavy atom. The molecule has 6 atom stereocenters. The summed E-state index contributed by atoms with van der Waals surface area (Å²) in [6.45, 7) is 9.13. The molecule has 3 aliphatic rings. The van der Waals surface area contributed by atoms with E-state index in [2.05, 4.69) is 42.0 Å². The highest BCUT2D eigenvalue weighted by Gasteiger charge is 2.63. The Balaban J connectivity index is 1.32. The normalized spacial score (nSPS) is 26.1. The predicted octanol–water partition coefficient (Wildman–Crippen LogP) is 5.12. The third-order valence-corrected chi connectivity index (χ3v) is 11.0. The van der Waals surface area contributed by atoms with Gasteiger partial charge in [-0.15, -0.1) is 0 Å². The van der Waals surface area contributed by atoms with Crippen molar-refractivity contribution in [3.8, 4) is 0 Å². The van der Waals surface area contributed by atoms with Crippen LogP contribution in [0.3, 0.4) is 0 Å². The molecule has 5 rings (SSSR count). The number of hydrogen-bond donors (Lipinski definition) is 5. The van der Waals surface area contributed by atoms with E-state index in [4.69, 9.17) is 9.84 Å². The first-order chi connectivity index (χ1) is 21.3. The van der Waals surface area contributed by atoms with Gasteiger partial charge in [0.1, 0.15) is 11.6 Å². The molecule has 6 unspecified atom stereocenters. The van der Waals surface area contributed by atoms with Gasteiger partial charge >= 0.3 is 12.1 Å². The second-order valence-electron chi connectivity index (χ2n) is 14.0. The molecule has 3 amide bonds. The first-order valence-electron chi connectivity index (χ1n) is 16.0. The number of carboxylic acid groups (broad SMARTS) is 1. The van der Waals surface area contributed by atoms with E-state index in [1.807, 2.05) is 54.6 Å². The van der Waals surface area contributed by atoms with Crippen molar-refractivity contribution in [1.29, 1.82) is 0 Å². The zero-order valence-electron chi connectivity index (χ0n) is 26.7. The summed E-state index contributed by atoms with van der Waals surface area (Å²) >= 11 is 0. The van der Waals surface area contributed by atoms with Gasteiger partial charge in [-0.2, -0.15) is 0 Å². The lowest BCUT2D eigenvalue weighted by Crippen LogP contribution is -2.59. The Morgan fingerprint density at radius 2 is 1.76 bits per heavy atom. The number of rotatable bonds is 12. The molecule has 0 radical (unpaired) electrons. The maximum atomic E-state index is 14.1. The number of fused-ring (bicyclic) bond motifs is 3. The molecule has 10 heteroatoms. The smallest absolute Gasteiger partial charge is 0.408 e. The Hall–Kier alpha value is -4.08. The highest BCUT2D eigenvalue weighted by molar-refractivity contribution is 5.90. The van der Waals surface area contributed by atoms with Gasteiger partial charge < -0.3 is 31.1 Å². The highest BCUT2D eigenvalue weighted by Crippen LogP contribution is 2.66. The van der Waals surface area contributed by atoms with Crippen LogP contribution in [0.2, 0.25) is 0 Å². The third-order valence-electron chi connectivity index (χ3n) is 11.0. The zero-order valence-corrected chi connectivity index (χ0v) is 26.7. The summed E-state index contributed by atoms with van der Waals surface area (Å²) in [4.78, 5) is 51.2. The van der Waals surface area contributed by atoms with Crippen LogP contribution in [0.15, 0.2) is 54.6 Å². The molecule has 1 heterocycles. The summed E-state index contributed by atoms with van der Waals surface area (Å²) in [5.41, 5.74) is 1.48. The van der Waals surface area contributed by atoms with E-state index < -0.39 is 35.5 Å². The molecular weight excluding hydrogens is 572 g/mol. The van der Waals surface area contributed by atoms with Crippen LogP contribution in [0.25, 0.3) is 0 Å². The lowest BCUT2D eigenvalue weighted by Gasteiger charge is -2.39. The summed E-state index contributed by atoms with van der Waals surface area (Å²) in [5.74, 6) is -1.42. The van der Waals surface area contributed by atoms with Crippen LogP contribution < -0.4 is 21.3 Å². The average molecular weight is 619 g/mol. The number of para-hydroxylation sites is 1. The first-order valence-corrected chi connectivity index (χ1v) is 16.0. The fourth-order valence-corrected chi connectivity index (χ4v) is 7.74. The van der Waals surface area contributed by atoms with Crippen molar-refractivity contribution in [2.24, 2.45) is 16.7 Å². The summed E-state index contributed by atoms with van der Waals surface area (Å²) in [7, 11) is 0. The molecule has 5 N–H and O–H groups in total. The van der Waals surface area contributed by atoms with Crippen molar-refractivity contribution in [3.63, 3.8) is 0 Å². The monoisotopic (exact) mass is 618 g/mol. The van der Waals surface area contributed by atoms with Crippen molar-refractivity contribution in [2.75, 3.05) is 18.4 Å². The lowest BCUT2D eigenvalue weighted by molar-refractivity contribution is -0.138. The van der Waals surface area contributed by atoms with Gasteiger partial charge in [-0.05, 0) is 61.1 Å². The number of carbonyl (C=O) groups excluding carboxylic acids is 3. The number of ether oxygens (including phenoxy) is 1. The van der Waals surface area contributed by atoms with E-state index in [0.717, 1.165) is 36.1 Å². The minimum atomic E-state index is -1.33. The van der Waals surface area contributed by atoms with E-state index >= 15 is 0 Å². The topological polar surface area (TPSA) is 146 Å². The molecule has 2 aromatic carbocycles. The molecule has 2 aliphatic carbocycles. The van der Waals surface area contributed by atoms with Gasteiger partial charge in [-0.3, -0.25) is 14.4 Å². The van der Waals surface area contributed by atoms with Gasteiger partial charge in [-0.25, -0.2) is 4.79 Å². The fraction of sp³-hybridized carbons (Fsp3) is 0.543. The number of amides is 3.